The van der Waals surface area contributed by atoms with Gasteiger partial charge >= 0.3 is 0 Å². The zero-order chi connectivity index (χ0) is 21.6. The highest BCUT2D eigenvalue weighted by Gasteiger charge is 2.22. The number of carbonyl (C=O) groups excluding carboxylic acids is 2. The number of nitrogens with zero attached hydrogens (tertiary/aromatic N) is 4. The molecule has 0 radical (unpaired) electrons. The van der Waals surface area contributed by atoms with E-state index in [4.69, 9.17) is 0 Å². The number of thiazole rings is 1. The van der Waals surface area contributed by atoms with Crippen molar-refractivity contribution in [2.45, 2.75) is 38.8 Å². The quantitative estimate of drug-likeness (QED) is 0.633. The average molecular weight is 436 g/mol. The molecule has 0 saturated carbocycles. The normalized spacial score (nSPS) is 16.5. The van der Waals surface area contributed by atoms with E-state index in [1.807, 2.05) is 51.4 Å². The van der Waals surface area contributed by atoms with Crippen LogP contribution in [0.2, 0.25) is 0 Å². The summed E-state index contributed by atoms with van der Waals surface area (Å²) >= 11 is 1.39. The number of rotatable bonds is 6. The zero-order valence-electron chi connectivity index (χ0n) is 17.4. The lowest BCUT2D eigenvalue weighted by Gasteiger charge is -2.33. The van der Waals surface area contributed by atoms with Crippen LogP contribution in [0.3, 0.4) is 0 Å². The first-order valence-electron chi connectivity index (χ1n) is 10.4. The minimum atomic E-state index is -0.195. The molecule has 31 heavy (non-hydrogen) atoms. The van der Waals surface area contributed by atoms with Crippen LogP contribution in [-0.2, 0) is 11.3 Å². The van der Waals surface area contributed by atoms with Crippen LogP contribution in [0.4, 0.5) is 5.13 Å². The highest BCUT2D eigenvalue weighted by atomic mass is 32.1. The minimum absolute atomic E-state index is 0.107. The second-order valence-electron chi connectivity index (χ2n) is 7.54. The summed E-state index contributed by atoms with van der Waals surface area (Å²) in [6.45, 7) is 3.02. The highest BCUT2D eigenvalue weighted by Crippen LogP contribution is 2.21. The maximum Gasteiger partial charge on any atom is 0.274 e. The van der Waals surface area contributed by atoms with Gasteiger partial charge in [0, 0.05) is 44.0 Å². The number of carbonyl (C=O) groups is 2. The Morgan fingerprint density at radius 3 is 2.90 bits per heavy atom. The Hall–Kier alpha value is -3.26. The average Bonchev–Trinajstić information content (AvgIpc) is 3.42. The Kier molecular flexibility index (Phi) is 6.57. The summed E-state index contributed by atoms with van der Waals surface area (Å²) in [5.41, 5.74) is 2.43. The molecule has 4 heterocycles. The first-order chi connectivity index (χ1) is 15.1. The van der Waals surface area contributed by atoms with Crippen LogP contribution in [-0.4, -0.2) is 43.8 Å². The van der Waals surface area contributed by atoms with Crippen molar-refractivity contribution in [2.75, 3.05) is 11.9 Å². The van der Waals surface area contributed by atoms with Gasteiger partial charge in [-0.3, -0.25) is 19.9 Å². The molecule has 3 aromatic heterocycles. The van der Waals surface area contributed by atoms with E-state index in [-0.39, 0.29) is 17.9 Å². The number of hydrogen-bond acceptors (Lipinski definition) is 5. The van der Waals surface area contributed by atoms with E-state index in [0.717, 1.165) is 37.1 Å². The molecule has 1 N–H and O–H groups in total. The molecule has 0 aromatic carbocycles. The number of likely N-dealkylation sites (tertiary alicyclic amines) is 1. The van der Waals surface area contributed by atoms with Crippen LogP contribution in [0.25, 0.3) is 6.08 Å². The molecule has 0 spiro atoms. The van der Waals surface area contributed by atoms with E-state index < -0.39 is 0 Å². The smallest absolute Gasteiger partial charge is 0.274 e. The highest BCUT2D eigenvalue weighted by molar-refractivity contribution is 7.14. The first kappa shape index (κ1) is 21.0. The van der Waals surface area contributed by atoms with E-state index in [2.05, 4.69) is 15.3 Å². The van der Waals surface area contributed by atoms with Gasteiger partial charge < -0.3 is 9.47 Å². The fraction of sp³-hybridized carbons (Fsp3) is 0.304. The lowest BCUT2D eigenvalue weighted by atomic mass is 10.0. The molecule has 0 bridgehead atoms. The van der Waals surface area contributed by atoms with Crippen molar-refractivity contribution < 1.29 is 9.59 Å². The third-order valence-electron chi connectivity index (χ3n) is 5.35. The van der Waals surface area contributed by atoms with Gasteiger partial charge in [-0.2, -0.15) is 0 Å². The van der Waals surface area contributed by atoms with Crippen LogP contribution < -0.4 is 5.32 Å². The Balaban J connectivity index is 1.40. The van der Waals surface area contributed by atoms with Gasteiger partial charge in [-0.15, -0.1) is 11.3 Å². The third kappa shape index (κ3) is 5.27. The van der Waals surface area contributed by atoms with Gasteiger partial charge in [0.2, 0.25) is 5.91 Å². The Morgan fingerprint density at radius 2 is 2.10 bits per heavy atom. The molecule has 0 aliphatic carbocycles. The molecule has 2 amide bonds. The zero-order valence-corrected chi connectivity index (χ0v) is 18.2. The number of aromatic nitrogens is 3. The molecule has 1 fully saturated rings. The molecule has 8 heteroatoms. The van der Waals surface area contributed by atoms with Crippen LogP contribution in [0.1, 0.15) is 47.9 Å². The van der Waals surface area contributed by atoms with Crippen molar-refractivity contribution in [3.63, 3.8) is 0 Å². The molecule has 3 aromatic rings. The van der Waals surface area contributed by atoms with E-state index in [9.17, 15) is 9.59 Å². The fourth-order valence-electron chi connectivity index (χ4n) is 3.78. The van der Waals surface area contributed by atoms with Crippen molar-refractivity contribution in [1.29, 1.82) is 0 Å². The van der Waals surface area contributed by atoms with Gasteiger partial charge in [-0.05, 0) is 55.2 Å². The molecule has 1 unspecified atom stereocenters. The lowest BCUT2D eigenvalue weighted by Crippen LogP contribution is -2.41. The predicted molar refractivity (Wildman–Crippen MR) is 122 cm³/mol. The Bertz CT molecular complexity index is 1070. The monoisotopic (exact) mass is 435 g/mol. The summed E-state index contributed by atoms with van der Waals surface area (Å²) in [6.07, 6.45) is 12.5. The molecule has 7 nitrogen and oxygen atoms in total. The Morgan fingerprint density at radius 1 is 1.26 bits per heavy atom. The van der Waals surface area contributed by atoms with Gasteiger partial charge in [0.15, 0.2) is 5.13 Å². The minimum Gasteiger partial charge on any atom is -0.339 e. The Labute approximate surface area is 185 Å². The van der Waals surface area contributed by atoms with E-state index in [1.54, 1.807) is 25.4 Å². The molecule has 1 aliphatic heterocycles. The number of anilines is 1. The summed E-state index contributed by atoms with van der Waals surface area (Å²) < 4.78 is 1.90. The van der Waals surface area contributed by atoms with Crippen molar-refractivity contribution in [2.24, 2.45) is 0 Å². The van der Waals surface area contributed by atoms with Gasteiger partial charge in [0.25, 0.3) is 5.91 Å². The molecule has 1 saturated heterocycles. The molecular weight excluding hydrogens is 410 g/mol. The topological polar surface area (TPSA) is 80.1 Å². The van der Waals surface area contributed by atoms with Crippen molar-refractivity contribution >= 4 is 34.4 Å². The summed E-state index contributed by atoms with van der Waals surface area (Å²) in [7, 11) is 0. The largest absolute Gasteiger partial charge is 0.339 e. The second kappa shape index (κ2) is 9.70. The van der Waals surface area contributed by atoms with E-state index in [1.165, 1.54) is 11.3 Å². The molecule has 1 aliphatic rings. The summed E-state index contributed by atoms with van der Waals surface area (Å²) in [4.78, 5) is 35.0. The van der Waals surface area contributed by atoms with Crippen LogP contribution in [0.5, 0.6) is 0 Å². The van der Waals surface area contributed by atoms with Crippen LogP contribution >= 0.6 is 11.3 Å². The molecule has 1 atom stereocenters. The lowest BCUT2D eigenvalue weighted by molar-refractivity contribution is -0.131. The number of nitrogens with one attached hydrogen (secondary N) is 1. The van der Waals surface area contributed by atoms with Crippen molar-refractivity contribution in [1.82, 2.24) is 19.4 Å². The maximum absolute atomic E-state index is 12.8. The van der Waals surface area contributed by atoms with Gasteiger partial charge in [0.1, 0.15) is 5.69 Å². The van der Waals surface area contributed by atoms with Crippen LogP contribution in [0, 0.1) is 0 Å². The molecule has 4 rings (SSSR count). The second-order valence-corrected chi connectivity index (χ2v) is 8.40. The van der Waals surface area contributed by atoms with Crippen molar-refractivity contribution in [3.05, 3.63) is 71.3 Å². The fourth-order valence-corrected chi connectivity index (χ4v) is 4.46. The standard InChI is InChI=1S/C23H25N5O2S/c1-17(29)28-14-3-2-5-20(28)8-7-19-16-31-23(25-19)26-22(30)21-6-4-13-27(21)15-18-9-11-24-12-10-18/h4,6-13,16,20H,2-3,5,14-15H2,1H3,(H,25,26,30). The van der Waals surface area contributed by atoms with Crippen LogP contribution in [0.15, 0.2) is 54.3 Å². The predicted octanol–water partition coefficient (Wildman–Crippen LogP) is 4.05. The van der Waals surface area contributed by atoms with Gasteiger partial charge in [-0.1, -0.05) is 6.08 Å². The number of piperidine rings is 1. The van der Waals surface area contributed by atoms with Crippen molar-refractivity contribution in [3.8, 4) is 0 Å². The number of hydrogen-bond donors (Lipinski definition) is 1. The maximum atomic E-state index is 12.8. The summed E-state index contributed by atoms with van der Waals surface area (Å²) in [6, 6.07) is 7.63. The number of amides is 2. The summed E-state index contributed by atoms with van der Waals surface area (Å²) in [5, 5.41) is 5.35. The van der Waals surface area contributed by atoms with Gasteiger partial charge in [-0.25, -0.2) is 4.98 Å². The third-order valence-corrected chi connectivity index (χ3v) is 6.13. The molecular formula is C23H25N5O2S. The summed E-state index contributed by atoms with van der Waals surface area (Å²) in [5.74, 6) is -0.0886. The van der Waals surface area contributed by atoms with E-state index in [0.29, 0.717) is 17.4 Å². The number of pyridine rings is 1. The SMILES string of the molecule is CC(=O)N1CCCCC1C=Cc1csc(NC(=O)c2cccn2Cc2ccncc2)n1. The van der Waals surface area contributed by atoms with Gasteiger partial charge in [0.05, 0.1) is 11.7 Å². The molecule has 160 valence electrons. The van der Waals surface area contributed by atoms with E-state index >= 15 is 0 Å². The first-order valence-corrected chi connectivity index (χ1v) is 11.2.